The SMILES string of the molecule is CC/[PH](C)=C(\C)C(=O)c1ccccc1. The Kier molecular flexibility index (Phi) is 4.16. The van der Waals surface area contributed by atoms with Gasteiger partial charge in [0, 0.05) is 5.56 Å². The third kappa shape index (κ3) is 2.59. The summed E-state index contributed by atoms with van der Waals surface area (Å²) in [7, 11) is -0.586. The van der Waals surface area contributed by atoms with E-state index in [-0.39, 0.29) is 5.78 Å². The van der Waals surface area contributed by atoms with Crippen molar-refractivity contribution >= 4 is 18.6 Å². The van der Waals surface area contributed by atoms with Gasteiger partial charge in [-0.3, -0.25) is 4.79 Å². The minimum absolute atomic E-state index is 0.226. The van der Waals surface area contributed by atoms with Gasteiger partial charge in [0.05, 0.1) is 0 Å². The zero-order valence-corrected chi connectivity index (χ0v) is 10.0. The Bertz CT molecular complexity index is 352. The van der Waals surface area contributed by atoms with Crippen LogP contribution in [0, 0.1) is 0 Å². The second-order valence-corrected chi connectivity index (χ2v) is 6.47. The molecule has 1 aromatic carbocycles. The lowest BCUT2D eigenvalue weighted by atomic mass is 10.1. The highest BCUT2D eigenvalue weighted by Gasteiger charge is 2.08. The first kappa shape index (κ1) is 11.3. The van der Waals surface area contributed by atoms with Crippen LogP contribution in [-0.2, 0) is 0 Å². The van der Waals surface area contributed by atoms with E-state index >= 15 is 0 Å². The van der Waals surface area contributed by atoms with E-state index in [0.717, 1.165) is 17.0 Å². The summed E-state index contributed by atoms with van der Waals surface area (Å²) in [5.41, 5.74) is 0.822. The molecule has 1 unspecified atom stereocenters. The third-order valence-corrected chi connectivity index (χ3v) is 5.12. The first-order chi connectivity index (χ1) is 6.66. The highest BCUT2D eigenvalue weighted by molar-refractivity contribution is 7.60. The fourth-order valence-corrected chi connectivity index (χ4v) is 2.33. The standard InChI is InChI=1S/C12H17OP/c1-4-14(3)10(2)12(13)11-8-6-5-7-9-11/h5-9,14H,4H2,1-3H3. The second kappa shape index (κ2) is 5.17. The summed E-state index contributed by atoms with van der Waals surface area (Å²) in [5, 5.41) is 1.06. The van der Waals surface area contributed by atoms with Crippen molar-refractivity contribution < 1.29 is 4.79 Å². The van der Waals surface area contributed by atoms with Gasteiger partial charge in [0.25, 0.3) is 0 Å². The Labute approximate surface area is 86.5 Å². The smallest absolute Gasteiger partial charge is 0.188 e. The van der Waals surface area contributed by atoms with Crippen LogP contribution in [0.25, 0.3) is 0 Å². The molecule has 0 heterocycles. The van der Waals surface area contributed by atoms with Gasteiger partial charge in [0.15, 0.2) is 5.78 Å². The van der Waals surface area contributed by atoms with E-state index in [4.69, 9.17) is 0 Å². The molecule has 2 heteroatoms. The Hall–Kier alpha value is -0.810. The molecule has 0 fully saturated rings. The number of ketones is 1. The van der Waals surface area contributed by atoms with Gasteiger partial charge in [-0.25, -0.2) is 0 Å². The quantitative estimate of drug-likeness (QED) is 0.551. The van der Waals surface area contributed by atoms with Crippen LogP contribution in [0.1, 0.15) is 24.2 Å². The summed E-state index contributed by atoms with van der Waals surface area (Å²) in [5.74, 6) is 0.226. The molecular weight excluding hydrogens is 191 g/mol. The molecule has 1 rings (SSSR count). The van der Waals surface area contributed by atoms with Crippen LogP contribution < -0.4 is 0 Å². The first-order valence-electron chi connectivity index (χ1n) is 4.93. The van der Waals surface area contributed by atoms with Gasteiger partial charge in [0.2, 0.25) is 0 Å². The molecule has 0 bridgehead atoms. The van der Waals surface area contributed by atoms with E-state index in [9.17, 15) is 4.79 Å². The highest BCUT2D eigenvalue weighted by Crippen LogP contribution is 2.20. The van der Waals surface area contributed by atoms with E-state index < -0.39 is 7.55 Å². The molecule has 0 aliphatic carbocycles. The van der Waals surface area contributed by atoms with E-state index in [1.807, 2.05) is 37.3 Å². The van der Waals surface area contributed by atoms with Crippen molar-refractivity contribution in [1.82, 2.24) is 0 Å². The number of rotatable bonds is 3. The fraction of sp³-hybridized carbons (Fsp3) is 0.333. The average Bonchev–Trinajstić information content (AvgIpc) is 2.27. The Balaban J connectivity index is 2.98. The zero-order chi connectivity index (χ0) is 10.6. The van der Waals surface area contributed by atoms with Crippen LogP contribution in [0.4, 0.5) is 0 Å². The largest absolute Gasteiger partial charge is 0.289 e. The van der Waals surface area contributed by atoms with Crippen LogP contribution in [0.2, 0.25) is 0 Å². The van der Waals surface area contributed by atoms with Crippen LogP contribution in [0.15, 0.2) is 30.3 Å². The summed E-state index contributed by atoms with van der Waals surface area (Å²) in [6.07, 6.45) is 1.12. The lowest BCUT2D eigenvalue weighted by Crippen LogP contribution is -2.09. The van der Waals surface area contributed by atoms with Crippen LogP contribution >= 0.6 is 7.55 Å². The lowest BCUT2D eigenvalue weighted by molar-refractivity contribution is 0.106. The number of hydrogen-bond donors (Lipinski definition) is 0. The van der Waals surface area contributed by atoms with Crippen molar-refractivity contribution in [2.75, 3.05) is 12.8 Å². The number of hydrogen-bond acceptors (Lipinski definition) is 1. The Morgan fingerprint density at radius 3 is 2.36 bits per heavy atom. The summed E-state index contributed by atoms with van der Waals surface area (Å²) in [6.45, 7) is 6.32. The molecule has 0 aliphatic rings. The summed E-state index contributed by atoms with van der Waals surface area (Å²) in [4.78, 5) is 11.9. The molecule has 0 N–H and O–H groups in total. The van der Waals surface area contributed by atoms with Crippen molar-refractivity contribution in [1.29, 1.82) is 0 Å². The highest BCUT2D eigenvalue weighted by atomic mass is 31.1. The normalized spacial score (nSPS) is 13.5. The number of carbonyl (C=O) groups is 1. The summed E-state index contributed by atoms with van der Waals surface area (Å²) in [6, 6.07) is 9.53. The fourth-order valence-electron chi connectivity index (χ4n) is 1.27. The molecule has 0 amide bonds. The number of benzene rings is 1. The van der Waals surface area contributed by atoms with Gasteiger partial charge in [-0.2, -0.15) is 0 Å². The average molecular weight is 208 g/mol. The molecule has 0 saturated heterocycles. The van der Waals surface area contributed by atoms with Gasteiger partial charge in [-0.1, -0.05) is 37.3 Å². The molecule has 1 aromatic rings. The van der Waals surface area contributed by atoms with Crippen LogP contribution in [0.3, 0.4) is 0 Å². The Morgan fingerprint density at radius 2 is 1.86 bits per heavy atom. The van der Waals surface area contributed by atoms with Crippen molar-refractivity contribution in [3.63, 3.8) is 0 Å². The van der Waals surface area contributed by atoms with Crippen molar-refractivity contribution in [3.05, 3.63) is 35.9 Å². The third-order valence-electron chi connectivity index (χ3n) is 2.55. The maximum atomic E-state index is 11.9. The van der Waals surface area contributed by atoms with Crippen molar-refractivity contribution in [2.45, 2.75) is 13.8 Å². The molecule has 76 valence electrons. The molecule has 1 atom stereocenters. The monoisotopic (exact) mass is 208 g/mol. The minimum Gasteiger partial charge on any atom is -0.289 e. The number of Topliss-reactive ketones (excluding diaryl/α,β-unsaturated/α-hetero) is 1. The molecule has 0 radical (unpaired) electrons. The summed E-state index contributed by atoms with van der Waals surface area (Å²) >= 11 is 0. The van der Waals surface area contributed by atoms with E-state index in [2.05, 4.69) is 13.6 Å². The van der Waals surface area contributed by atoms with Gasteiger partial charge in [-0.15, -0.1) is 7.55 Å². The topological polar surface area (TPSA) is 17.1 Å². The number of carbonyl (C=O) groups excluding carboxylic acids is 1. The van der Waals surface area contributed by atoms with E-state index in [0.29, 0.717) is 0 Å². The van der Waals surface area contributed by atoms with Gasteiger partial charge < -0.3 is 0 Å². The first-order valence-corrected chi connectivity index (χ1v) is 7.13. The van der Waals surface area contributed by atoms with E-state index in [1.165, 1.54) is 0 Å². The maximum Gasteiger partial charge on any atom is 0.188 e. The van der Waals surface area contributed by atoms with Crippen molar-refractivity contribution in [2.24, 2.45) is 0 Å². The predicted octanol–water partition coefficient (Wildman–Crippen LogP) is 2.93. The summed E-state index contributed by atoms with van der Waals surface area (Å²) < 4.78 is 0. The van der Waals surface area contributed by atoms with Crippen LogP contribution in [0.5, 0.6) is 0 Å². The zero-order valence-electron chi connectivity index (χ0n) is 9.00. The van der Waals surface area contributed by atoms with Gasteiger partial charge >= 0.3 is 0 Å². The van der Waals surface area contributed by atoms with E-state index in [1.54, 1.807) is 0 Å². The molecule has 0 spiro atoms. The lowest BCUT2D eigenvalue weighted by Gasteiger charge is -2.05. The molecule has 1 nitrogen and oxygen atoms in total. The molecule has 0 aromatic heterocycles. The van der Waals surface area contributed by atoms with Crippen LogP contribution in [-0.4, -0.2) is 23.9 Å². The minimum atomic E-state index is -0.586. The molecule has 14 heavy (non-hydrogen) atoms. The predicted molar refractivity (Wildman–Crippen MR) is 66.2 cm³/mol. The second-order valence-electron chi connectivity index (χ2n) is 3.45. The maximum absolute atomic E-state index is 11.9. The Morgan fingerprint density at radius 1 is 1.29 bits per heavy atom. The molecular formula is C12H17OP. The molecule has 0 saturated carbocycles. The molecule has 0 aliphatic heterocycles. The van der Waals surface area contributed by atoms with Gasteiger partial charge in [0.1, 0.15) is 0 Å². The van der Waals surface area contributed by atoms with Gasteiger partial charge in [-0.05, 0) is 25.0 Å². The van der Waals surface area contributed by atoms with Crippen molar-refractivity contribution in [3.8, 4) is 0 Å².